The van der Waals surface area contributed by atoms with Gasteiger partial charge in [-0.1, -0.05) is 176 Å². The highest BCUT2D eigenvalue weighted by Gasteiger charge is 2.17. The van der Waals surface area contributed by atoms with Crippen LogP contribution in [0.15, 0.2) is 212 Å². The van der Waals surface area contributed by atoms with Crippen LogP contribution in [0.5, 0.6) is 0 Å². The fraction of sp³-hybridized carbons (Fsp3) is 0. The summed E-state index contributed by atoms with van der Waals surface area (Å²) in [5.74, 6) is 0. The van der Waals surface area contributed by atoms with E-state index in [1.54, 1.807) is 0 Å². The van der Waals surface area contributed by atoms with Crippen molar-refractivity contribution in [3.63, 3.8) is 0 Å². The fourth-order valence-electron chi connectivity index (χ4n) is 9.78. The molecule has 0 aliphatic carbocycles. The van der Waals surface area contributed by atoms with E-state index in [0.29, 0.717) is 0 Å². The van der Waals surface area contributed by atoms with Gasteiger partial charge in [0, 0.05) is 43.6 Å². The quantitative estimate of drug-likeness (QED) is 0.167. The second-order valence-corrected chi connectivity index (χ2v) is 16.3. The minimum atomic E-state index is 0.896. The SMILES string of the molecule is c1ccc(-c2ccc3ccc4ccc(-c5cccc(-c6nc7ccc(-c8ccc9c%10ccccc%10c%10ccccc%10c9c8)cc7c7c6ccc6ccccc67)c5)nc4c3n2)cc1. The zero-order valence-electron chi connectivity index (χ0n) is 33.5. The maximum absolute atomic E-state index is 5.47. The minimum Gasteiger partial charge on any atom is -0.247 e. The first kappa shape index (κ1) is 34.6. The molecule has 0 aliphatic heterocycles. The minimum absolute atomic E-state index is 0.896. The summed E-state index contributed by atoms with van der Waals surface area (Å²) in [5.41, 5.74) is 11.1. The van der Waals surface area contributed by atoms with Crippen molar-refractivity contribution >= 4 is 86.6 Å². The predicted molar refractivity (Wildman–Crippen MR) is 262 cm³/mol. The van der Waals surface area contributed by atoms with Crippen molar-refractivity contribution in [3.8, 4) is 44.9 Å². The molecule has 0 spiro atoms. The molecule has 0 atom stereocenters. The van der Waals surface area contributed by atoms with E-state index in [0.717, 1.165) is 71.9 Å². The molecule has 0 radical (unpaired) electrons. The molecule has 0 saturated heterocycles. The van der Waals surface area contributed by atoms with E-state index in [-0.39, 0.29) is 0 Å². The second-order valence-electron chi connectivity index (χ2n) is 16.3. The van der Waals surface area contributed by atoms with Crippen LogP contribution < -0.4 is 0 Å². The van der Waals surface area contributed by atoms with E-state index in [1.165, 1.54) is 59.6 Å². The smallest absolute Gasteiger partial charge is 0.0972 e. The van der Waals surface area contributed by atoms with Crippen molar-refractivity contribution in [2.45, 2.75) is 0 Å². The van der Waals surface area contributed by atoms with Gasteiger partial charge in [-0.25, -0.2) is 15.0 Å². The summed E-state index contributed by atoms with van der Waals surface area (Å²) in [6.07, 6.45) is 0. The van der Waals surface area contributed by atoms with Gasteiger partial charge in [-0.15, -0.1) is 0 Å². The Kier molecular flexibility index (Phi) is 7.60. The number of aromatic nitrogens is 3. The Balaban J connectivity index is 0.974. The lowest BCUT2D eigenvalue weighted by atomic mass is 9.91. The first-order valence-electron chi connectivity index (χ1n) is 21.2. The van der Waals surface area contributed by atoms with Crippen molar-refractivity contribution in [2.24, 2.45) is 0 Å². The fourth-order valence-corrected chi connectivity index (χ4v) is 9.78. The van der Waals surface area contributed by atoms with Crippen LogP contribution in [0.25, 0.3) is 131 Å². The van der Waals surface area contributed by atoms with Crippen molar-refractivity contribution in [1.29, 1.82) is 0 Å². The summed E-state index contributed by atoms with van der Waals surface area (Å²) in [5, 5.41) is 15.7. The van der Waals surface area contributed by atoms with Gasteiger partial charge in [-0.05, 0) is 90.6 Å². The maximum Gasteiger partial charge on any atom is 0.0972 e. The number of nitrogens with zero attached hydrogens (tertiary/aromatic N) is 3. The molecule has 0 aliphatic rings. The van der Waals surface area contributed by atoms with Crippen molar-refractivity contribution in [3.05, 3.63) is 212 Å². The van der Waals surface area contributed by atoms with Gasteiger partial charge in [0.1, 0.15) is 0 Å². The molecule has 286 valence electrons. The molecule has 62 heavy (non-hydrogen) atoms. The van der Waals surface area contributed by atoms with Crippen LogP contribution in [0.3, 0.4) is 0 Å². The molecule has 0 amide bonds. The van der Waals surface area contributed by atoms with Gasteiger partial charge in [-0.3, -0.25) is 0 Å². The Hall–Kier alpha value is -8.27. The van der Waals surface area contributed by atoms with Crippen LogP contribution >= 0.6 is 0 Å². The summed E-state index contributed by atoms with van der Waals surface area (Å²) in [6.45, 7) is 0. The van der Waals surface area contributed by atoms with E-state index >= 15 is 0 Å². The number of rotatable bonds is 4. The maximum atomic E-state index is 5.47. The molecule has 0 N–H and O–H groups in total. The first-order valence-corrected chi connectivity index (χ1v) is 21.2. The third-order valence-corrected chi connectivity index (χ3v) is 12.8. The lowest BCUT2D eigenvalue weighted by molar-refractivity contribution is 1.36. The summed E-state index contributed by atoms with van der Waals surface area (Å²) >= 11 is 0. The molecule has 0 saturated carbocycles. The summed E-state index contributed by atoms with van der Waals surface area (Å²) < 4.78 is 0. The highest BCUT2D eigenvalue weighted by atomic mass is 14.8. The molecule has 10 aromatic carbocycles. The zero-order chi connectivity index (χ0) is 40.7. The van der Waals surface area contributed by atoms with Gasteiger partial charge < -0.3 is 0 Å². The molecule has 3 heterocycles. The third-order valence-electron chi connectivity index (χ3n) is 12.8. The lowest BCUT2D eigenvalue weighted by Crippen LogP contribution is -1.93. The Morgan fingerprint density at radius 2 is 0.742 bits per heavy atom. The predicted octanol–water partition coefficient (Wildman–Crippen LogP) is 15.8. The zero-order valence-corrected chi connectivity index (χ0v) is 33.5. The van der Waals surface area contributed by atoms with Gasteiger partial charge in [-0.2, -0.15) is 0 Å². The normalized spacial score (nSPS) is 11.9. The van der Waals surface area contributed by atoms with Gasteiger partial charge in [0.05, 0.1) is 33.6 Å². The van der Waals surface area contributed by atoms with Crippen LogP contribution in [-0.4, -0.2) is 15.0 Å². The number of fused-ring (bicyclic) bond motifs is 14. The highest BCUT2D eigenvalue weighted by Crippen LogP contribution is 2.41. The molecule has 0 unspecified atom stereocenters. The highest BCUT2D eigenvalue weighted by molar-refractivity contribution is 6.26. The Bertz CT molecular complexity index is 3950. The van der Waals surface area contributed by atoms with Crippen molar-refractivity contribution in [1.82, 2.24) is 15.0 Å². The van der Waals surface area contributed by atoms with Crippen LogP contribution in [-0.2, 0) is 0 Å². The van der Waals surface area contributed by atoms with Gasteiger partial charge in [0.15, 0.2) is 0 Å². The van der Waals surface area contributed by atoms with Crippen LogP contribution in [0.1, 0.15) is 0 Å². The lowest BCUT2D eigenvalue weighted by Gasteiger charge is -2.15. The van der Waals surface area contributed by atoms with Gasteiger partial charge >= 0.3 is 0 Å². The second kappa shape index (κ2) is 13.6. The average Bonchev–Trinajstić information content (AvgIpc) is 3.35. The monoisotopic (exact) mass is 785 g/mol. The Morgan fingerprint density at radius 1 is 0.242 bits per heavy atom. The Labute approximate surface area is 357 Å². The largest absolute Gasteiger partial charge is 0.247 e. The van der Waals surface area contributed by atoms with E-state index in [4.69, 9.17) is 15.0 Å². The first-order chi connectivity index (χ1) is 30.7. The number of pyridine rings is 3. The molecule has 13 aromatic rings. The van der Waals surface area contributed by atoms with Gasteiger partial charge in [0.25, 0.3) is 0 Å². The summed E-state index contributed by atoms with van der Waals surface area (Å²) in [4.78, 5) is 15.9. The summed E-state index contributed by atoms with van der Waals surface area (Å²) in [6, 6.07) is 76.3. The number of hydrogen-bond acceptors (Lipinski definition) is 3. The number of benzene rings is 10. The molecular formula is C59H35N3. The molecule has 3 aromatic heterocycles. The third kappa shape index (κ3) is 5.42. The van der Waals surface area contributed by atoms with E-state index in [1.807, 2.05) is 6.07 Å². The topological polar surface area (TPSA) is 38.7 Å². The molecule has 3 heteroatoms. The standard InChI is InChI=1S/C59H35N3/c1-2-12-37(13-3-1)53-30-25-38-21-22-39-26-31-54(61-59(39)58(38)60-53)42-14-10-15-43(33-42)57-50-29-23-36-11-4-5-16-44(36)56(50)52-35-41(27-32-55(52)62-57)40-24-28-49-47-19-7-6-17-45(47)46-18-8-9-20-48(46)51(49)34-40/h1-35H. The average molecular weight is 786 g/mol. The van der Waals surface area contributed by atoms with E-state index in [2.05, 4.69) is 206 Å². The van der Waals surface area contributed by atoms with Gasteiger partial charge in [0.2, 0.25) is 0 Å². The molecule has 0 fully saturated rings. The molecular weight excluding hydrogens is 751 g/mol. The van der Waals surface area contributed by atoms with E-state index in [9.17, 15) is 0 Å². The van der Waals surface area contributed by atoms with Crippen LogP contribution in [0.4, 0.5) is 0 Å². The number of hydrogen-bond donors (Lipinski definition) is 0. The van der Waals surface area contributed by atoms with Crippen molar-refractivity contribution in [2.75, 3.05) is 0 Å². The van der Waals surface area contributed by atoms with Crippen LogP contribution in [0, 0.1) is 0 Å². The molecule has 13 rings (SSSR count). The van der Waals surface area contributed by atoms with Crippen molar-refractivity contribution < 1.29 is 0 Å². The Morgan fingerprint density at radius 3 is 1.45 bits per heavy atom. The molecule has 0 bridgehead atoms. The van der Waals surface area contributed by atoms with E-state index < -0.39 is 0 Å². The molecule has 3 nitrogen and oxygen atoms in total. The summed E-state index contributed by atoms with van der Waals surface area (Å²) in [7, 11) is 0. The van der Waals surface area contributed by atoms with Crippen LogP contribution in [0.2, 0.25) is 0 Å².